The van der Waals surface area contributed by atoms with Crippen LogP contribution in [0.4, 0.5) is 0 Å². The number of rotatable bonds is 4. The summed E-state index contributed by atoms with van der Waals surface area (Å²) in [7, 11) is -1.32. The van der Waals surface area contributed by atoms with E-state index in [4.69, 9.17) is 11.6 Å². The minimum absolute atomic E-state index is 0.0312. The van der Waals surface area contributed by atoms with Crippen LogP contribution < -0.4 is 4.83 Å². The molecular formula is C12H18ClN3O2S. The van der Waals surface area contributed by atoms with Crippen molar-refractivity contribution in [1.29, 1.82) is 0 Å². The second-order valence-corrected chi connectivity index (χ2v) is 6.90. The summed E-state index contributed by atoms with van der Waals surface area (Å²) < 4.78 is 24.1. The molecule has 106 valence electrons. The fourth-order valence-electron chi connectivity index (χ4n) is 1.93. The van der Waals surface area contributed by atoms with Crippen LogP contribution in [0.5, 0.6) is 0 Å². The standard InChI is InChI=1S/C12H18ClN3O2S/c1-15-6-8-16(9-7-15)14-19(17,18)10-11-2-4-12(13)5-3-11/h2-5,14H,6-10H2,1H3. The third kappa shape index (κ3) is 4.74. The second-order valence-electron chi connectivity index (χ2n) is 4.77. The summed E-state index contributed by atoms with van der Waals surface area (Å²) in [5, 5.41) is 2.36. The average Bonchev–Trinajstić information content (AvgIpc) is 2.34. The number of halogens is 1. The predicted molar refractivity (Wildman–Crippen MR) is 76.3 cm³/mol. The summed E-state index contributed by atoms with van der Waals surface area (Å²) in [4.78, 5) is 4.80. The van der Waals surface area contributed by atoms with E-state index in [1.807, 2.05) is 7.05 Å². The zero-order chi connectivity index (χ0) is 13.9. The quantitative estimate of drug-likeness (QED) is 0.899. The van der Waals surface area contributed by atoms with Crippen LogP contribution in [0.2, 0.25) is 5.02 Å². The first kappa shape index (κ1) is 14.7. The van der Waals surface area contributed by atoms with Gasteiger partial charge in [-0.25, -0.2) is 13.4 Å². The molecule has 0 unspecified atom stereocenters. The van der Waals surface area contributed by atoms with Gasteiger partial charge >= 0.3 is 0 Å². The summed E-state index contributed by atoms with van der Waals surface area (Å²) in [6.45, 7) is 3.14. The first-order valence-corrected chi connectivity index (χ1v) is 8.16. The van der Waals surface area contributed by atoms with Gasteiger partial charge in [-0.05, 0) is 24.7 Å². The SMILES string of the molecule is CN1CCN(NS(=O)(=O)Cc2ccc(Cl)cc2)CC1. The molecule has 0 radical (unpaired) electrons. The van der Waals surface area contributed by atoms with Crippen LogP contribution >= 0.6 is 11.6 Å². The fraction of sp³-hybridized carbons (Fsp3) is 0.500. The Kier molecular flexibility index (Phi) is 4.81. The van der Waals surface area contributed by atoms with Gasteiger partial charge in [0.2, 0.25) is 10.0 Å². The Hall–Kier alpha value is -0.660. The Bertz CT molecular complexity index is 510. The van der Waals surface area contributed by atoms with Crippen LogP contribution in [0.1, 0.15) is 5.56 Å². The molecule has 0 saturated carbocycles. The minimum Gasteiger partial charge on any atom is -0.304 e. The minimum atomic E-state index is -3.35. The third-order valence-electron chi connectivity index (χ3n) is 3.04. The van der Waals surface area contributed by atoms with Crippen molar-refractivity contribution in [1.82, 2.24) is 14.7 Å². The van der Waals surface area contributed by atoms with Gasteiger partial charge in [0, 0.05) is 31.2 Å². The lowest BCUT2D eigenvalue weighted by molar-refractivity contribution is 0.134. The molecule has 0 spiro atoms. The number of piperazine rings is 1. The largest absolute Gasteiger partial charge is 0.304 e. The summed E-state index contributed by atoms with van der Waals surface area (Å²) in [6.07, 6.45) is 0. The monoisotopic (exact) mass is 303 g/mol. The molecule has 1 fully saturated rings. The molecule has 0 aromatic heterocycles. The van der Waals surface area contributed by atoms with Gasteiger partial charge in [0.1, 0.15) is 0 Å². The van der Waals surface area contributed by atoms with Crippen LogP contribution in [-0.2, 0) is 15.8 Å². The van der Waals surface area contributed by atoms with E-state index < -0.39 is 10.0 Å². The molecule has 2 rings (SSSR count). The Morgan fingerprint density at radius 3 is 2.32 bits per heavy atom. The van der Waals surface area contributed by atoms with E-state index in [2.05, 4.69) is 9.73 Å². The number of nitrogens with zero attached hydrogens (tertiary/aromatic N) is 2. The van der Waals surface area contributed by atoms with E-state index in [9.17, 15) is 8.42 Å². The van der Waals surface area contributed by atoms with Crippen LogP contribution in [0.15, 0.2) is 24.3 Å². The fourth-order valence-corrected chi connectivity index (χ4v) is 3.32. The predicted octanol–water partition coefficient (Wildman–Crippen LogP) is 0.922. The van der Waals surface area contributed by atoms with Gasteiger partial charge in [0.05, 0.1) is 5.75 Å². The molecule has 7 heteroatoms. The molecule has 1 aromatic rings. The number of sulfonamides is 1. The lowest BCUT2D eigenvalue weighted by Gasteiger charge is -2.32. The van der Waals surface area contributed by atoms with Crippen LogP contribution in [-0.4, -0.2) is 51.6 Å². The molecule has 1 aromatic carbocycles. The smallest absolute Gasteiger partial charge is 0.228 e. The summed E-state index contributed by atoms with van der Waals surface area (Å²) >= 11 is 5.77. The highest BCUT2D eigenvalue weighted by molar-refractivity contribution is 7.88. The van der Waals surface area contributed by atoms with Crippen molar-refractivity contribution in [3.05, 3.63) is 34.9 Å². The zero-order valence-electron chi connectivity index (χ0n) is 10.8. The van der Waals surface area contributed by atoms with E-state index in [1.165, 1.54) is 0 Å². The Balaban J connectivity index is 1.93. The van der Waals surface area contributed by atoms with Crippen LogP contribution in [0.25, 0.3) is 0 Å². The van der Waals surface area contributed by atoms with Crippen molar-refractivity contribution in [2.45, 2.75) is 5.75 Å². The van der Waals surface area contributed by atoms with Gasteiger partial charge in [-0.15, -0.1) is 4.83 Å². The zero-order valence-corrected chi connectivity index (χ0v) is 12.4. The normalized spacial score (nSPS) is 18.6. The van der Waals surface area contributed by atoms with Gasteiger partial charge in [-0.3, -0.25) is 0 Å². The summed E-state index contributed by atoms with van der Waals surface area (Å²) in [6, 6.07) is 6.85. The molecule has 19 heavy (non-hydrogen) atoms. The highest BCUT2D eigenvalue weighted by atomic mass is 35.5. The van der Waals surface area contributed by atoms with Crippen molar-refractivity contribution in [3.63, 3.8) is 0 Å². The molecule has 1 aliphatic rings. The number of hydrazine groups is 1. The van der Waals surface area contributed by atoms with Crippen molar-refractivity contribution >= 4 is 21.6 Å². The molecule has 5 nitrogen and oxygen atoms in total. The Morgan fingerprint density at radius 1 is 1.16 bits per heavy atom. The summed E-state index contributed by atoms with van der Waals surface area (Å²) in [5.74, 6) is -0.0312. The molecule has 1 N–H and O–H groups in total. The number of benzene rings is 1. The van der Waals surface area contributed by atoms with Gasteiger partial charge in [-0.2, -0.15) is 0 Å². The highest BCUT2D eigenvalue weighted by Gasteiger charge is 2.19. The van der Waals surface area contributed by atoms with Gasteiger partial charge in [-0.1, -0.05) is 23.7 Å². The molecular weight excluding hydrogens is 286 g/mol. The van der Waals surface area contributed by atoms with Crippen LogP contribution in [0.3, 0.4) is 0 Å². The number of hydrogen-bond acceptors (Lipinski definition) is 4. The summed E-state index contributed by atoms with van der Waals surface area (Å²) in [5.41, 5.74) is 0.728. The highest BCUT2D eigenvalue weighted by Crippen LogP contribution is 2.12. The second kappa shape index (κ2) is 6.19. The van der Waals surface area contributed by atoms with Crippen LogP contribution in [0, 0.1) is 0 Å². The maximum Gasteiger partial charge on any atom is 0.228 e. The molecule has 0 atom stereocenters. The van der Waals surface area contributed by atoms with Crippen molar-refractivity contribution < 1.29 is 8.42 Å². The van der Waals surface area contributed by atoms with E-state index >= 15 is 0 Å². The molecule has 1 heterocycles. The average molecular weight is 304 g/mol. The first-order chi connectivity index (χ1) is 8.94. The maximum absolute atomic E-state index is 12.0. The number of nitrogens with one attached hydrogen (secondary N) is 1. The molecule has 0 bridgehead atoms. The van der Waals surface area contributed by atoms with E-state index in [0.29, 0.717) is 18.1 Å². The molecule has 0 amide bonds. The van der Waals surface area contributed by atoms with Crippen molar-refractivity contribution in [2.24, 2.45) is 0 Å². The lowest BCUT2D eigenvalue weighted by Crippen LogP contribution is -2.52. The van der Waals surface area contributed by atoms with Gasteiger partial charge in [0.15, 0.2) is 0 Å². The first-order valence-electron chi connectivity index (χ1n) is 6.13. The Morgan fingerprint density at radius 2 is 1.74 bits per heavy atom. The molecule has 1 saturated heterocycles. The van der Waals surface area contributed by atoms with E-state index in [-0.39, 0.29) is 5.75 Å². The molecule has 1 aliphatic heterocycles. The number of likely N-dealkylation sites (N-methyl/N-ethyl adjacent to an activating group) is 1. The van der Waals surface area contributed by atoms with Crippen molar-refractivity contribution in [3.8, 4) is 0 Å². The van der Waals surface area contributed by atoms with Gasteiger partial charge in [0.25, 0.3) is 0 Å². The van der Waals surface area contributed by atoms with E-state index in [1.54, 1.807) is 29.3 Å². The lowest BCUT2D eigenvalue weighted by atomic mass is 10.2. The van der Waals surface area contributed by atoms with Crippen molar-refractivity contribution in [2.75, 3.05) is 33.2 Å². The topological polar surface area (TPSA) is 52.6 Å². The molecule has 0 aliphatic carbocycles. The van der Waals surface area contributed by atoms with E-state index in [0.717, 1.165) is 18.7 Å². The Labute approximate surface area is 119 Å². The maximum atomic E-state index is 12.0. The van der Waals surface area contributed by atoms with Gasteiger partial charge < -0.3 is 4.90 Å². The number of hydrogen-bond donors (Lipinski definition) is 1. The third-order valence-corrected chi connectivity index (χ3v) is 4.54.